The zero-order valence-corrected chi connectivity index (χ0v) is 12.7. The highest BCUT2D eigenvalue weighted by Crippen LogP contribution is 2.21. The monoisotopic (exact) mass is 269 g/mol. The first kappa shape index (κ1) is 15.2. The average Bonchev–Trinajstić information content (AvgIpc) is 2.36. The summed E-state index contributed by atoms with van der Waals surface area (Å²) in [5.41, 5.74) is 1.15. The summed E-state index contributed by atoms with van der Waals surface area (Å²) in [6, 6.07) is 7.19. The second-order valence-electron chi connectivity index (χ2n) is 5.00. The first-order chi connectivity index (χ1) is 8.30. The maximum absolute atomic E-state index is 12.3. The van der Waals surface area contributed by atoms with Crippen molar-refractivity contribution in [1.29, 1.82) is 0 Å². The minimum atomic E-state index is -3.36. The van der Waals surface area contributed by atoms with Crippen molar-refractivity contribution >= 4 is 10.0 Å². The summed E-state index contributed by atoms with van der Waals surface area (Å²) in [6.07, 6.45) is 0.805. The van der Waals surface area contributed by atoms with Gasteiger partial charge in [0.15, 0.2) is 0 Å². The molecule has 1 atom stereocenters. The van der Waals surface area contributed by atoms with Crippen LogP contribution in [0.1, 0.15) is 45.6 Å². The lowest BCUT2D eigenvalue weighted by Crippen LogP contribution is -2.34. The molecule has 0 radical (unpaired) electrons. The van der Waals surface area contributed by atoms with Crippen molar-refractivity contribution in [2.75, 3.05) is 7.05 Å². The number of benzene rings is 1. The lowest BCUT2D eigenvalue weighted by atomic mass is 10.0. The summed E-state index contributed by atoms with van der Waals surface area (Å²) in [6.45, 7) is 8.09. The van der Waals surface area contributed by atoms with Gasteiger partial charge in [0.2, 0.25) is 10.0 Å². The molecule has 0 aliphatic rings. The Morgan fingerprint density at radius 1 is 1.11 bits per heavy atom. The van der Waals surface area contributed by atoms with Crippen LogP contribution in [0.5, 0.6) is 0 Å². The summed E-state index contributed by atoms with van der Waals surface area (Å²) in [5, 5.41) is 0. The molecule has 0 fully saturated rings. The van der Waals surface area contributed by atoms with E-state index in [4.69, 9.17) is 0 Å². The Labute approximate surface area is 111 Å². The molecular weight excluding hydrogens is 246 g/mol. The molecule has 0 N–H and O–H groups in total. The maximum atomic E-state index is 12.3. The molecule has 0 saturated carbocycles. The van der Waals surface area contributed by atoms with E-state index < -0.39 is 10.0 Å². The van der Waals surface area contributed by atoms with Gasteiger partial charge in [0.1, 0.15) is 0 Å². The van der Waals surface area contributed by atoms with Crippen LogP contribution < -0.4 is 0 Å². The second kappa shape index (κ2) is 5.85. The Kier molecular flexibility index (Phi) is 4.93. The second-order valence-corrected chi connectivity index (χ2v) is 7.00. The van der Waals surface area contributed by atoms with E-state index in [2.05, 4.69) is 13.8 Å². The minimum absolute atomic E-state index is 0.0137. The van der Waals surface area contributed by atoms with E-state index in [0.717, 1.165) is 12.0 Å². The van der Waals surface area contributed by atoms with Crippen LogP contribution >= 0.6 is 0 Å². The topological polar surface area (TPSA) is 37.4 Å². The lowest BCUT2D eigenvalue weighted by molar-refractivity contribution is 0.380. The highest BCUT2D eigenvalue weighted by atomic mass is 32.2. The molecule has 0 aliphatic carbocycles. The van der Waals surface area contributed by atoms with Crippen molar-refractivity contribution in [2.24, 2.45) is 0 Å². The van der Waals surface area contributed by atoms with Gasteiger partial charge < -0.3 is 0 Å². The molecule has 0 bridgehead atoms. The Morgan fingerprint density at radius 2 is 1.61 bits per heavy atom. The van der Waals surface area contributed by atoms with Gasteiger partial charge >= 0.3 is 0 Å². The highest BCUT2D eigenvalue weighted by Gasteiger charge is 2.24. The van der Waals surface area contributed by atoms with E-state index >= 15 is 0 Å². The van der Waals surface area contributed by atoms with E-state index in [-0.39, 0.29) is 6.04 Å². The largest absolute Gasteiger partial charge is 0.243 e. The summed E-state index contributed by atoms with van der Waals surface area (Å²) >= 11 is 0. The van der Waals surface area contributed by atoms with Gasteiger partial charge in [0, 0.05) is 13.1 Å². The maximum Gasteiger partial charge on any atom is 0.243 e. The molecule has 0 aliphatic heterocycles. The fourth-order valence-electron chi connectivity index (χ4n) is 1.68. The molecule has 1 unspecified atom stereocenters. The van der Waals surface area contributed by atoms with Gasteiger partial charge in [-0.15, -0.1) is 0 Å². The third kappa shape index (κ3) is 3.12. The SMILES string of the molecule is CCC(C)N(C)S(=O)(=O)c1ccc(C(C)C)cc1. The van der Waals surface area contributed by atoms with Gasteiger partial charge in [0.25, 0.3) is 0 Å². The molecule has 0 amide bonds. The molecule has 102 valence electrons. The Hall–Kier alpha value is -0.870. The van der Waals surface area contributed by atoms with E-state index in [0.29, 0.717) is 10.8 Å². The van der Waals surface area contributed by atoms with Crippen LogP contribution in [0.25, 0.3) is 0 Å². The number of nitrogens with zero attached hydrogens (tertiary/aromatic N) is 1. The number of hydrogen-bond acceptors (Lipinski definition) is 2. The van der Waals surface area contributed by atoms with Crippen molar-refractivity contribution in [3.63, 3.8) is 0 Å². The normalized spacial score (nSPS) is 14.2. The van der Waals surface area contributed by atoms with Crippen LogP contribution in [0.3, 0.4) is 0 Å². The highest BCUT2D eigenvalue weighted by molar-refractivity contribution is 7.89. The fourth-order valence-corrected chi connectivity index (χ4v) is 3.12. The number of sulfonamides is 1. The minimum Gasteiger partial charge on any atom is -0.207 e. The fraction of sp³-hybridized carbons (Fsp3) is 0.571. The average molecular weight is 269 g/mol. The molecule has 0 heterocycles. The number of rotatable bonds is 5. The van der Waals surface area contributed by atoms with E-state index in [9.17, 15) is 8.42 Å². The van der Waals surface area contributed by atoms with Gasteiger partial charge in [-0.2, -0.15) is 4.31 Å². The third-order valence-electron chi connectivity index (χ3n) is 3.44. The lowest BCUT2D eigenvalue weighted by Gasteiger charge is -2.23. The smallest absolute Gasteiger partial charge is 0.207 e. The standard InChI is InChI=1S/C14H23NO2S/c1-6-12(4)15(5)18(16,17)14-9-7-13(8-10-14)11(2)3/h7-12H,6H2,1-5H3. The molecule has 1 aromatic carbocycles. The van der Waals surface area contributed by atoms with Gasteiger partial charge in [-0.1, -0.05) is 32.9 Å². The van der Waals surface area contributed by atoms with Crippen LogP contribution in [-0.2, 0) is 10.0 Å². The van der Waals surface area contributed by atoms with Crippen LogP contribution in [0.4, 0.5) is 0 Å². The molecule has 18 heavy (non-hydrogen) atoms. The Bertz CT molecular complexity index is 477. The van der Waals surface area contributed by atoms with Crippen LogP contribution in [0, 0.1) is 0 Å². The summed E-state index contributed by atoms with van der Waals surface area (Å²) in [7, 11) is -1.72. The van der Waals surface area contributed by atoms with Crippen LogP contribution in [-0.4, -0.2) is 25.8 Å². The molecule has 0 spiro atoms. The van der Waals surface area contributed by atoms with Crippen LogP contribution in [0.15, 0.2) is 29.2 Å². The zero-order chi connectivity index (χ0) is 13.9. The predicted molar refractivity (Wildman–Crippen MR) is 75.2 cm³/mol. The van der Waals surface area contributed by atoms with Crippen molar-refractivity contribution in [2.45, 2.75) is 51.0 Å². The van der Waals surface area contributed by atoms with Crippen LogP contribution in [0.2, 0.25) is 0 Å². The number of hydrogen-bond donors (Lipinski definition) is 0. The van der Waals surface area contributed by atoms with Gasteiger partial charge in [-0.3, -0.25) is 0 Å². The van der Waals surface area contributed by atoms with E-state index in [1.807, 2.05) is 26.0 Å². The molecule has 4 heteroatoms. The quantitative estimate of drug-likeness (QED) is 0.823. The van der Waals surface area contributed by atoms with Crippen molar-refractivity contribution in [1.82, 2.24) is 4.31 Å². The van der Waals surface area contributed by atoms with Crippen molar-refractivity contribution in [3.8, 4) is 0 Å². The molecule has 0 aromatic heterocycles. The molecule has 3 nitrogen and oxygen atoms in total. The first-order valence-corrected chi connectivity index (χ1v) is 7.82. The summed E-state index contributed by atoms with van der Waals surface area (Å²) in [4.78, 5) is 0.370. The molecule has 1 rings (SSSR count). The van der Waals surface area contributed by atoms with Gasteiger partial charge in [-0.25, -0.2) is 8.42 Å². The van der Waals surface area contributed by atoms with Gasteiger partial charge in [0.05, 0.1) is 4.90 Å². The van der Waals surface area contributed by atoms with E-state index in [1.165, 1.54) is 4.31 Å². The summed E-state index contributed by atoms with van der Waals surface area (Å²) < 4.78 is 26.1. The van der Waals surface area contributed by atoms with Crippen molar-refractivity contribution < 1.29 is 8.42 Å². The summed E-state index contributed by atoms with van der Waals surface area (Å²) in [5.74, 6) is 0.411. The predicted octanol–water partition coefficient (Wildman–Crippen LogP) is 3.23. The van der Waals surface area contributed by atoms with Gasteiger partial charge in [-0.05, 0) is 37.0 Å². The third-order valence-corrected chi connectivity index (χ3v) is 5.42. The zero-order valence-electron chi connectivity index (χ0n) is 11.8. The first-order valence-electron chi connectivity index (χ1n) is 6.38. The Balaban J connectivity index is 3.06. The van der Waals surface area contributed by atoms with Crippen molar-refractivity contribution in [3.05, 3.63) is 29.8 Å². The molecule has 1 aromatic rings. The molecular formula is C14H23NO2S. The van der Waals surface area contributed by atoms with E-state index in [1.54, 1.807) is 19.2 Å². The Morgan fingerprint density at radius 3 is 2.00 bits per heavy atom. The molecule has 0 saturated heterocycles.